The van der Waals surface area contributed by atoms with Crippen molar-refractivity contribution in [2.75, 3.05) is 18.0 Å². The fourth-order valence-corrected chi connectivity index (χ4v) is 1.93. The van der Waals surface area contributed by atoms with E-state index in [0.29, 0.717) is 25.0 Å². The Morgan fingerprint density at radius 3 is 2.38 bits per heavy atom. The molecule has 0 N–H and O–H groups in total. The van der Waals surface area contributed by atoms with Crippen molar-refractivity contribution in [2.45, 2.75) is 19.3 Å². The molecule has 0 spiro atoms. The molecule has 16 heavy (non-hydrogen) atoms. The highest BCUT2D eigenvalue weighted by Gasteiger charge is 2.15. The number of ketones is 1. The van der Waals surface area contributed by atoms with Crippen molar-refractivity contribution in [1.82, 2.24) is 0 Å². The van der Waals surface area contributed by atoms with Crippen molar-refractivity contribution in [2.24, 2.45) is 0 Å². The van der Waals surface area contributed by atoms with Gasteiger partial charge in [-0.2, -0.15) is 5.26 Å². The second kappa shape index (κ2) is 4.80. The van der Waals surface area contributed by atoms with Gasteiger partial charge < -0.3 is 4.90 Å². The quantitative estimate of drug-likeness (QED) is 0.755. The molecule has 1 fully saturated rings. The normalized spacial score (nSPS) is 15.9. The van der Waals surface area contributed by atoms with Gasteiger partial charge in [-0.3, -0.25) is 4.79 Å². The van der Waals surface area contributed by atoms with Crippen LogP contribution in [0.15, 0.2) is 24.3 Å². The van der Waals surface area contributed by atoms with E-state index in [1.807, 2.05) is 24.3 Å². The van der Waals surface area contributed by atoms with Crippen LogP contribution in [0.5, 0.6) is 0 Å². The summed E-state index contributed by atoms with van der Waals surface area (Å²) in [6.07, 6.45) is 1.76. The molecule has 2 rings (SSSR count). The number of anilines is 1. The summed E-state index contributed by atoms with van der Waals surface area (Å²) < 4.78 is 0. The number of hydrogen-bond acceptors (Lipinski definition) is 3. The highest BCUT2D eigenvalue weighted by molar-refractivity contribution is 5.81. The predicted octanol–water partition coefficient (Wildman–Crippen LogP) is 1.92. The largest absolute Gasteiger partial charge is 0.371 e. The molecule has 1 saturated heterocycles. The monoisotopic (exact) mass is 214 g/mol. The number of nitrogens with zero attached hydrogens (tertiary/aromatic N) is 2. The minimum absolute atomic E-state index is 0.359. The maximum absolute atomic E-state index is 11.1. The molecule has 0 aliphatic carbocycles. The van der Waals surface area contributed by atoms with Crippen molar-refractivity contribution in [3.8, 4) is 6.07 Å². The van der Waals surface area contributed by atoms with Crippen LogP contribution in [-0.4, -0.2) is 18.9 Å². The number of Topliss-reactive ketones (excluding diaryl/α,β-unsaturated/α-hetero) is 1. The maximum Gasteiger partial charge on any atom is 0.136 e. The molecule has 0 unspecified atom stereocenters. The van der Waals surface area contributed by atoms with E-state index in [2.05, 4.69) is 11.0 Å². The summed E-state index contributed by atoms with van der Waals surface area (Å²) in [4.78, 5) is 13.3. The Morgan fingerprint density at radius 1 is 1.19 bits per heavy atom. The summed E-state index contributed by atoms with van der Waals surface area (Å²) in [6, 6.07) is 10.2. The molecule has 0 atom stereocenters. The summed E-state index contributed by atoms with van der Waals surface area (Å²) in [7, 11) is 0. The molecule has 1 heterocycles. The Hall–Kier alpha value is -1.82. The molecule has 1 aromatic carbocycles. The van der Waals surface area contributed by atoms with Gasteiger partial charge >= 0.3 is 0 Å². The van der Waals surface area contributed by atoms with Gasteiger partial charge in [-0.1, -0.05) is 12.1 Å². The average molecular weight is 214 g/mol. The van der Waals surface area contributed by atoms with E-state index in [1.165, 1.54) is 0 Å². The van der Waals surface area contributed by atoms with Crippen LogP contribution >= 0.6 is 0 Å². The summed E-state index contributed by atoms with van der Waals surface area (Å²) in [5, 5.41) is 8.57. The number of piperidine rings is 1. The van der Waals surface area contributed by atoms with Gasteiger partial charge in [0.1, 0.15) is 5.78 Å². The van der Waals surface area contributed by atoms with Crippen molar-refractivity contribution in [3.05, 3.63) is 29.8 Å². The second-order valence-electron chi connectivity index (χ2n) is 4.03. The van der Waals surface area contributed by atoms with Crippen LogP contribution in [0, 0.1) is 11.3 Å². The molecule has 0 amide bonds. The van der Waals surface area contributed by atoms with Crippen LogP contribution < -0.4 is 4.90 Å². The molecule has 0 bridgehead atoms. The number of carbonyl (C=O) groups is 1. The number of rotatable bonds is 2. The van der Waals surface area contributed by atoms with Crippen LogP contribution in [0.2, 0.25) is 0 Å². The first kappa shape index (κ1) is 10.7. The van der Waals surface area contributed by atoms with Crippen LogP contribution in [0.1, 0.15) is 18.4 Å². The van der Waals surface area contributed by atoms with Gasteiger partial charge in [-0.25, -0.2) is 0 Å². The van der Waals surface area contributed by atoms with E-state index < -0.39 is 0 Å². The molecule has 1 aliphatic rings. The third kappa shape index (κ3) is 2.40. The van der Waals surface area contributed by atoms with E-state index in [0.717, 1.165) is 24.3 Å². The minimum atomic E-state index is 0.359. The maximum atomic E-state index is 11.1. The fourth-order valence-electron chi connectivity index (χ4n) is 1.93. The number of hydrogen-bond donors (Lipinski definition) is 0. The summed E-state index contributed by atoms with van der Waals surface area (Å²) in [6.45, 7) is 1.63. The molecule has 3 heteroatoms. The minimum Gasteiger partial charge on any atom is -0.371 e. The summed E-state index contributed by atoms with van der Waals surface area (Å²) in [5.74, 6) is 0.359. The first-order valence-electron chi connectivity index (χ1n) is 5.52. The molecule has 0 radical (unpaired) electrons. The zero-order chi connectivity index (χ0) is 11.4. The lowest BCUT2D eigenvalue weighted by Gasteiger charge is -2.28. The molecular weight excluding hydrogens is 200 g/mol. The molecule has 1 aromatic rings. The van der Waals surface area contributed by atoms with Crippen molar-refractivity contribution < 1.29 is 4.79 Å². The lowest BCUT2D eigenvalue weighted by atomic mass is 10.1. The number of carbonyl (C=O) groups excluding carboxylic acids is 1. The Kier molecular flexibility index (Phi) is 3.21. The first-order chi connectivity index (χ1) is 7.79. The second-order valence-corrected chi connectivity index (χ2v) is 4.03. The topological polar surface area (TPSA) is 44.1 Å². The predicted molar refractivity (Wildman–Crippen MR) is 62.2 cm³/mol. The van der Waals surface area contributed by atoms with Crippen molar-refractivity contribution >= 4 is 11.5 Å². The molecular formula is C13H14N2O. The van der Waals surface area contributed by atoms with Crippen LogP contribution in [0.25, 0.3) is 0 Å². The zero-order valence-electron chi connectivity index (χ0n) is 9.15. The van der Waals surface area contributed by atoms with E-state index in [-0.39, 0.29) is 0 Å². The Balaban J connectivity index is 2.04. The molecule has 1 aliphatic heterocycles. The Labute approximate surface area is 95.3 Å². The summed E-state index contributed by atoms with van der Waals surface area (Å²) >= 11 is 0. The number of nitriles is 1. The van der Waals surface area contributed by atoms with Gasteiger partial charge in [-0.15, -0.1) is 0 Å². The summed E-state index contributed by atoms with van der Waals surface area (Å²) in [5.41, 5.74) is 2.19. The molecule has 0 aromatic heterocycles. The molecule has 3 nitrogen and oxygen atoms in total. The third-order valence-electron chi connectivity index (χ3n) is 2.91. The van der Waals surface area contributed by atoms with Crippen molar-refractivity contribution in [1.29, 1.82) is 5.26 Å². The van der Waals surface area contributed by atoms with Crippen LogP contribution in [-0.2, 0) is 11.2 Å². The van der Waals surface area contributed by atoms with E-state index in [1.54, 1.807) is 0 Å². The lowest BCUT2D eigenvalue weighted by Crippen LogP contribution is -2.33. The van der Waals surface area contributed by atoms with Crippen LogP contribution in [0.3, 0.4) is 0 Å². The average Bonchev–Trinajstić information content (AvgIpc) is 2.32. The van der Waals surface area contributed by atoms with Crippen LogP contribution in [0.4, 0.5) is 5.69 Å². The van der Waals surface area contributed by atoms with Gasteiger partial charge in [0.05, 0.1) is 12.5 Å². The van der Waals surface area contributed by atoms with E-state index in [4.69, 9.17) is 5.26 Å². The van der Waals surface area contributed by atoms with Gasteiger partial charge in [0.25, 0.3) is 0 Å². The molecule has 82 valence electrons. The fraction of sp³-hybridized carbons (Fsp3) is 0.385. The van der Waals surface area contributed by atoms with Gasteiger partial charge in [0.2, 0.25) is 0 Å². The van der Waals surface area contributed by atoms with E-state index >= 15 is 0 Å². The van der Waals surface area contributed by atoms with Gasteiger partial charge in [0.15, 0.2) is 0 Å². The van der Waals surface area contributed by atoms with Gasteiger partial charge in [-0.05, 0) is 17.7 Å². The first-order valence-corrected chi connectivity index (χ1v) is 5.52. The SMILES string of the molecule is N#CCc1ccc(N2CCC(=O)CC2)cc1. The Morgan fingerprint density at radius 2 is 1.81 bits per heavy atom. The highest BCUT2D eigenvalue weighted by Crippen LogP contribution is 2.19. The Bertz CT molecular complexity index is 407. The highest BCUT2D eigenvalue weighted by atomic mass is 16.1. The third-order valence-corrected chi connectivity index (χ3v) is 2.91. The zero-order valence-corrected chi connectivity index (χ0v) is 9.15. The standard InChI is InChI=1S/C13H14N2O/c14-8-5-11-1-3-12(4-2-11)15-9-6-13(16)7-10-15/h1-4H,5-7,9-10H2. The van der Waals surface area contributed by atoms with Gasteiger partial charge in [0, 0.05) is 31.6 Å². The molecule has 0 saturated carbocycles. The van der Waals surface area contributed by atoms with Crippen molar-refractivity contribution in [3.63, 3.8) is 0 Å². The lowest BCUT2D eigenvalue weighted by molar-refractivity contribution is -0.119. The van der Waals surface area contributed by atoms with E-state index in [9.17, 15) is 4.79 Å². The smallest absolute Gasteiger partial charge is 0.136 e. The number of benzene rings is 1.